The zero-order valence-electron chi connectivity index (χ0n) is 11.8. The summed E-state index contributed by atoms with van der Waals surface area (Å²) in [5, 5.41) is 3.25. The second-order valence-electron chi connectivity index (χ2n) is 5.05. The lowest BCUT2D eigenvalue weighted by atomic mass is 9.90. The maximum atomic E-state index is 13.2. The van der Waals surface area contributed by atoms with Gasteiger partial charge in [-0.1, -0.05) is 40.2 Å². The quantitative estimate of drug-likeness (QED) is 0.851. The third kappa shape index (κ3) is 3.68. The van der Waals surface area contributed by atoms with Crippen molar-refractivity contribution in [3.05, 3.63) is 69.4 Å². The number of halogens is 2. The lowest BCUT2D eigenvalue weighted by molar-refractivity contribution is 0.612. The van der Waals surface area contributed by atoms with Crippen molar-refractivity contribution in [2.24, 2.45) is 0 Å². The molecule has 0 saturated carbocycles. The highest BCUT2D eigenvalue weighted by Crippen LogP contribution is 2.28. The fourth-order valence-electron chi connectivity index (χ4n) is 2.50. The van der Waals surface area contributed by atoms with E-state index < -0.39 is 0 Å². The molecule has 0 fully saturated rings. The Bertz CT molecular complexity index is 583. The fraction of sp³-hybridized carbons (Fsp3) is 0.294. The molecule has 0 aliphatic carbocycles. The molecule has 1 atom stereocenters. The number of aryl methyl sites for hydroxylation is 1. The second-order valence-corrected chi connectivity index (χ2v) is 5.91. The normalized spacial score (nSPS) is 12.4. The average molecular weight is 336 g/mol. The minimum Gasteiger partial charge on any atom is -0.319 e. The highest BCUT2D eigenvalue weighted by molar-refractivity contribution is 9.10. The van der Waals surface area contributed by atoms with Gasteiger partial charge in [-0.2, -0.15) is 0 Å². The molecule has 20 heavy (non-hydrogen) atoms. The van der Waals surface area contributed by atoms with E-state index in [0.717, 1.165) is 23.0 Å². The number of likely N-dealkylation sites (N-methyl/N-ethyl adjacent to an activating group) is 1. The van der Waals surface area contributed by atoms with E-state index in [1.165, 1.54) is 11.1 Å². The summed E-state index contributed by atoms with van der Waals surface area (Å²) in [6.45, 7) is 2.86. The minimum atomic E-state index is -0.169. The molecule has 1 N–H and O–H groups in total. The van der Waals surface area contributed by atoms with Crippen molar-refractivity contribution in [3.63, 3.8) is 0 Å². The molecule has 0 aromatic heterocycles. The van der Waals surface area contributed by atoms with E-state index in [9.17, 15) is 4.39 Å². The Morgan fingerprint density at radius 1 is 1.20 bits per heavy atom. The maximum absolute atomic E-state index is 13.2. The Kier molecular flexibility index (Phi) is 5.32. The zero-order chi connectivity index (χ0) is 14.5. The first-order chi connectivity index (χ1) is 9.61. The molecule has 0 spiro atoms. The zero-order valence-corrected chi connectivity index (χ0v) is 13.4. The highest BCUT2D eigenvalue weighted by atomic mass is 79.9. The average Bonchev–Trinajstić information content (AvgIpc) is 2.42. The van der Waals surface area contributed by atoms with Crippen molar-refractivity contribution in [1.82, 2.24) is 5.32 Å². The van der Waals surface area contributed by atoms with Crippen LogP contribution in [0.2, 0.25) is 0 Å². The summed E-state index contributed by atoms with van der Waals surface area (Å²) in [6, 6.07) is 13.3. The Labute approximate surface area is 128 Å². The van der Waals surface area contributed by atoms with Gasteiger partial charge in [-0.25, -0.2) is 4.39 Å². The van der Waals surface area contributed by atoms with Gasteiger partial charge in [0.05, 0.1) is 0 Å². The minimum absolute atomic E-state index is 0.169. The maximum Gasteiger partial charge on any atom is 0.123 e. The monoisotopic (exact) mass is 335 g/mol. The summed E-state index contributed by atoms with van der Waals surface area (Å²) in [7, 11) is 1.96. The van der Waals surface area contributed by atoms with E-state index in [2.05, 4.69) is 39.4 Å². The van der Waals surface area contributed by atoms with Crippen LogP contribution in [0.15, 0.2) is 46.9 Å². The first-order valence-corrected chi connectivity index (χ1v) is 7.55. The molecule has 0 heterocycles. The van der Waals surface area contributed by atoms with E-state index in [0.29, 0.717) is 5.92 Å². The van der Waals surface area contributed by atoms with Crippen LogP contribution < -0.4 is 5.32 Å². The molecule has 0 bridgehead atoms. The van der Waals surface area contributed by atoms with Gasteiger partial charge in [-0.3, -0.25) is 0 Å². The smallest absolute Gasteiger partial charge is 0.123 e. The van der Waals surface area contributed by atoms with Crippen LogP contribution in [0.4, 0.5) is 4.39 Å². The van der Waals surface area contributed by atoms with Crippen LogP contribution >= 0.6 is 15.9 Å². The Morgan fingerprint density at radius 3 is 2.60 bits per heavy atom. The topological polar surface area (TPSA) is 12.0 Å². The standard InChI is InChI=1S/C17H19BrFN/c1-12-9-15(19)8-7-13(12)10-14(11-20-2)16-5-3-4-6-17(16)18/h3-9,14,20H,10-11H2,1-2H3. The van der Waals surface area contributed by atoms with Crippen LogP contribution in [-0.4, -0.2) is 13.6 Å². The third-order valence-electron chi connectivity index (χ3n) is 3.57. The summed E-state index contributed by atoms with van der Waals surface area (Å²) < 4.78 is 14.3. The molecule has 0 amide bonds. The lowest BCUT2D eigenvalue weighted by Gasteiger charge is -2.20. The van der Waals surface area contributed by atoms with E-state index in [1.807, 2.05) is 26.1 Å². The van der Waals surface area contributed by atoms with Gasteiger partial charge in [0.15, 0.2) is 0 Å². The number of nitrogens with one attached hydrogen (secondary N) is 1. The van der Waals surface area contributed by atoms with Gasteiger partial charge < -0.3 is 5.32 Å². The van der Waals surface area contributed by atoms with Crippen molar-refractivity contribution in [1.29, 1.82) is 0 Å². The largest absolute Gasteiger partial charge is 0.319 e. The van der Waals surface area contributed by atoms with E-state index in [1.54, 1.807) is 12.1 Å². The van der Waals surface area contributed by atoms with Crippen molar-refractivity contribution in [2.45, 2.75) is 19.3 Å². The predicted molar refractivity (Wildman–Crippen MR) is 85.7 cm³/mol. The number of benzene rings is 2. The van der Waals surface area contributed by atoms with E-state index in [4.69, 9.17) is 0 Å². The van der Waals surface area contributed by atoms with Gasteiger partial charge in [0, 0.05) is 16.9 Å². The molecule has 0 aliphatic heterocycles. The summed E-state index contributed by atoms with van der Waals surface area (Å²) in [6.07, 6.45) is 0.898. The van der Waals surface area contributed by atoms with Gasteiger partial charge in [0.1, 0.15) is 5.82 Å². The molecule has 2 aromatic carbocycles. The van der Waals surface area contributed by atoms with Crippen LogP contribution in [0.3, 0.4) is 0 Å². The lowest BCUT2D eigenvalue weighted by Crippen LogP contribution is -2.20. The Balaban J connectivity index is 2.28. The SMILES string of the molecule is CNCC(Cc1ccc(F)cc1C)c1ccccc1Br. The van der Waals surface area contributed by atoms with Gasteiger partial charge in [0.2, 0.25) is 0 Å². The molecule has 1 unspecified atom stereocenters. The summed E-state index contributed by atoms with van der Waals surface area (Å²) in [5.74, 6) is 0.192. The van der Waals surface area contributed by atoms with E-state index >= 15 is 0 Å². The van der Waals surface area contributed by atoms with Gasteiger partial charge >= 0.3 is 0 Å². The fourth-order valence-corrected chi connectivity index (χ4v) is 3.11. The van der Waals surface area contributed by atoms with Gasteiger partial charge in [0.25, 0.3) is 0 Å². The van der Waals surface area contributed by atoms with Crippen LogP contribution in [0.25, 0.3) is 0 Å². The Hall–Kier alpha value is -1.19. The third-order valence-corrected chi connectivity index (χ3v) is 4.29. The molecule has 106 valence electrons. The number of hydrogen-bond acceptors (Lipinski definition) is 1. The summed E-state index contributed by atoms with van der Waals surface area (Å²) in [5.41, 5.74) is 3.49. The van der Waals surface area contributed by atoms with Crippen molar-refractivity contribution >= 4 is 15.9 Å². The summed E-state index contributed by atoms with van der Waals surface area (Å²) in [4.78, 5) is 0. The summed E-state index contributed by atoms with van der Waals surface area (Å²) >= 11 is 3.62. The van der Waals surface area contributed by atoms with Crippen LogP contribution in [0.1, 0.15) is 22.6 Å². The molecule has 0 radical (unpaired) electrons. The van der Waals surface area contributed by atoms with Crippen molar-refractivity contribution < 1.29 is 4.39 Å². The molecule has 1 nitrogen and oxygen atoms in total. The number of hydrogen-bond donors (Lipinski definition) is 1. The number of rotatable bonds is 5. The Morgan fingerprint density at radius 2 is 1.95 bits per heavy atom. The molecule has 0 saturated heterocycles. The molecule has 2 aromatic rings. The van der Waals surface area contributed by atoms with Crippen molar-refractivity contribution in [2.75, 3.05) is 13.6 Å². The second kappa shape index (κ2) is 7.00. The van der Waals surface area contributed by atoms with Crippen molar-refractivity contribution in [3.8, 4) is 0 Å². The highest BCUT2D eigenvalue weighted by Gasteiger charge is 2.15. The molecular formula is C17H19BrFN. The molecule has 3 heteroatoms. The van der Waals surface area contributed by atoms with Gasteiger partial charge in [-0.05, 0) is 55.3 Å². The predicted octanol–water partition coefficient (Wildman–Crippen LogP) is 4.44. The van der Waals surface area contributed by atoms with E-state index in [-0.39, 0.29) is 5.82 Å². The van der Waals surface area contributed by atoms with Gasteiger partial charge in [-0.15, -0.1) is 0 Å². The van der Waals surface area contributed by atoms with Crippen LogP contribution in [0, 0.1) is 12.7 Å². The molecular weight excluding hydrogens is 317 g/mol. The molecule has 2 rings (SSSR count). The van der Waals surface area contributed by atoms with Crippen LogP contribution in [-0.2, 0) is 6.42 Å². The molecule has 0 aliphatic rings. The first-order valence-electron chi connectivity index (χ1n) is 6.76. The van der Waals surface area contributed by atoms with Crippen LogP contribution in [0.5, 0.6) is 0 Å². The first kappa shape index (κ1) is 15.2.